The summed E-state index contributed by atoms with van der Waals surface area (Å²) in [6, 6.07) is 2.33. The van der Waals surface area contributed by atoms with Crippen molar-refractivity contribution in [1.29, 1.82) is 0 Å². The third-order valence-electron chi connectivity index (χ3n) is 6.07. The quantitative estimate of drug-likeness (QED) is 0.850. The number of hydrogen-bond acceptors (Lipinski definition) is 5. The molecule has 3 heterocycles. The average Bonchev–Trinajstić information content (AvgIpc) is 3.25. The van der Waals surface area contributed by atoms with Gasteiger partial charge in [-0.1, -0.05) is 6.07 Å². The molecule has 0 aromatic carbocycles. The van der Waals surface area contributed by atoms with Crippen LogP contribution in [0.15, 0.2) is 12.3 Å². The maximum absolute atomic E-state index is 12.5. The average molecular weight is 378 g/mol. The first-order valence-corrected chi connectivity index (χ1v) is 11.5. The molecule has 4 rings (SSSR count). The molecule has 2 saturated heterocycles. The Hall–Kier alpha value is -1.47. The van der Waals surface area contributed by atoms with Crippen LogP contribution in [0.25, 0.3) is 0 Å². The maximum atomic E-state index is 12.5. The Morgan fingerprint density at radius 3 is 2.77 bits per heavy atom. The van der Waals surface area contributed by atoms with E-state index in [1.165, 1.54) is 17.7 Å². The van der Waals surface area contributed by atoms with Crippen molar-refractivity contribution in [2.24, 2.45) is 5.92 Å². The van der Waals surface area contributed by atoms with Crippen molar-refractivity contribution >= 4 is 15.7 Å². The number of pyridine rings is 1. The third-order valence-corrected chi connectivity index (χ3v) is 7.82. The molecule has 26 heavy (non-hydrogen) atoms. The molecule has 0 radical (unpaired) electrons. The highest BCUT2D eigenvalue weighted by molar-refractivity contribution is 7.91. The van der Waals surface area contributed by atoms with E-state index in [0.29, 0.717) is 12.3 Å². The van der Waals surface area contributed by atoms with Gasteiger partial charge in [0.25, 0.3) is 0 Å². The molecule has 3 aliphatic rings. The summed E-state index contributed by atoms with van der Waals surface area (Å²) in [4.78, 5) is 19.3. The number of hydrogen-bond donors (Lipinski definition) is 1. The number of carbonyl (C=O) groups is 1. The van der Waals surface area contributed by atoms with Crippen LogP contribution in [0.3, 0.4) is 0 Å². The van der Waals surface area contributed by atoms with Gasteiger partial charge in [0.15, 0.2) is 9.84 Å². The Morgan fingerprint density at radius 1 is 1.23 bits per heavy atom. The predicted octanol–water partition coefficient (Wildman–Crippen LogP) is 1.09. The summed E-state index contributed by atoms with van der Waals surface area (Å²) < 4.78 is 23.3. The summed E-state index contributed by atoms with van der Waals surface area (Å²) in [5.41, 5.74) is 3.62. The van der Waals surface area contributed by atoms with Crippen molar-refractivity contribution in [1.82, 2.24) is 15.2 Å². The molecule has 2 fully saturated rings. The molecule has 0 saturated carbocycles. The molecular weight excluding hydrogens is 350 g/mol. The number of likely N-dealkylation sites (tertiary alicyclic amines) is 1. The lowest BCUT2D eigenvalue weighted by atomic mass is 9.94. The van der Waals surface area contributed by atoms with Gasteiger partial charge in [-0.05, 0) is 62.7 Å². The van der Waals surface area contributed by atoms with Crippen LogP contribution in [0.5, 0.6) is 0 Å². The molecule has 1 aromatic heterocycles. The molecule has 7 heteroatoms. The van der Waals surface area contributed by atoms with E-state index in [1.54, 1.807) is 0 Å². The van der Waals surface area contributed by atoms with Crippen LogP contribution >= 0.6 is 0 Å². The number of nitrogens with one attached hydrogen (secondary N) is 1. The normalized spacial score (nSPS) is 25.9. The van der Waals surface area contributed by atoms with E-state index in [1.807, 2.05) is 6.20 Å². The highest BCUT2D eigenvalue weighted by Crippen LogP contribution is 2.25. The number of rotatable bonds is 4. The number of aryl methyl sites for hydroxylation is 2. The topological polar surface area (TPSA) is 79.4 Å². The first-order chi connectivity index (χ1) is 12.5. The van der Waals surface area contributed by atoms with Gasteiger partial charge in [0.1, 0.15) is 0 Å². The summed E-state index contributed by atoms with van der Waals surface area (Å²) in [6.07, 6.45) is 7.59. The molecule has 1 aromatic rings. The zero-order valence-electron chi connectivity index (χ0n) is 15.1. The van der Waals surface area contributed by atoms with Crippen molar-refractivity contribution in [3.8, 4) is 0 Å². The van der Waals surface area contributed by atoms with Crippen LogP contribution < -0.4 is 5.32 Å². The van der Waals surface area contributed by atoms with E-state index in [9.17, 15) is 13.2 Å². The molecule has 0 bridgehead atoms. The fourth-order valence-electron chi connectivity index (χ4n) is 4.50. The van der Waals surface area contributed by atoms with Crippen molar-refractivity contribution in [2.75, 3.05) is 24.6 Å². The predicted molar refractivity (Wildman–Crippen MR) is 99.5 cm³/mol. The summed E-state index contributed by atoms with van der Waals surface area (Å²) in [5.74, 6) is 0.748. The van der Waals surface area contributed by atoms with Crippen molar-refractivity contribution in [3.05, 3.63) is 29.1 Å². The fourth-order valence-corrected chi connectivity index (χ4v) is 6.26. The Kier molecular flexibility index (Phi) is 5.01. The number of sulfone groups is 1. The minimum absolute atomic E-state index is 0.0339. The zero-order valence-corrected chi connectivity index (χ0v) is 15.9. The van der Waals surface area contributed by atoms with E-state index in [4.69, 9.17) is 0 Å². The van der Waals surface area contributed by atoms with Gasteiger partial charge < -0.3 is 5.32 Å². The number of nitrogens with zero attached hydrogens (tertiary/aromatic N) is 2. The number of aromatic nitrogens is 1. The zero-order chi connectivity index (χ0) is 18.1. The van der Waals surface area contributed by atoms with Gasteiger partial charge in [0.2, 0.25) is 5.91 Å². The maximum Gasteiger partial charge on any atom is 0.223 e. The summed E-state index contributed by atoms with van der Waals surface area (Å²) in [6.45, 7) is 2.18. The fraction of sp³-hybridized carbons (Fsp3) is 0.684. The number of piperidine rings is 1. The molecule has 6 nitrogen and oxygen atoms in total. The van der Waals surface area contributed by atoms with Gasteiger partial charge in [0.05, 0.1) is 11.5 Å². The van der Waals surface area contributed by atoms with Gasteiger partial charge >= 0.3 is 0 Å². The highest BCUT2D eigenvalue weighted by Gasteiger charge is 2.35. The van der Waals surface area contributed by atoms with Crippen molar-refractivity contribution in [2.45, 2.75) is 51.1 Å². The highest BCUT2D eigenvalue weighted by atomic mass is 32.2. The Balaban J connectivity index is 1.25. The third kappa shape index (κ3) is 3.93. The van der Waals surface area contributed by atoms with E-state index < -0.39 is 9.84 Å². The minimum atomic E-state index is -2.85. The van der Waals surface area contributed by atoms with E-state index in [2.05, 4.69) is 21.3 Å². The smallest absolute Gasteiger partial charge is 0.223 e. The van der Waals surface area contributed by atoms with Gasteiger partial charge in [-0.2, -0.15) is 0 Å². The summed E-state index contributed by atoms with van der Waals surface area (Å²) >= 11 is 0. The molecule has 1 aliphatic carbocycles. The molecule has 1 amide bonds. The van der Waals surface area contributed by atoms with Crippen molar-refractivity contribution in [3.63, 3.8) is 0 Å². The molecular formula is C19H27N3O3S. The summed E-state index contributed by atoms with van der Waals surface area (Å²) in [5, 5.41) is 3.06. The standard InChI is InChI=1S/C19H27N3O3S/c23-19(21-12-14-10-16-2-1-3-18(16)20-11-14)15-4-7-22(8-5-15)17-6-9-26(24,25)13-17/h10-11,15,17H,1-9,12-13H2,(H,21,23). The molecule has 0 spiro atoms. The molecule has 2 aliphatic heterocycles. The molecule has 142 valence electrons. The Bertz CT molecular complexity index is 785. The van der Waals surface area contributed by atoms with Crippen molar-refractivity contribution < 1.29 is 13.2 Å². The number of fused-ring (bicyclic) bond motifs is 1. The first-order valence-electron chi connectivity index (χ1n) is 9.69. The van der Waals surface area contributed by atoms with Crippen LogP contribution in [0, 0.1) is 5.92 Å². The lowest BCUT2D eigenvalue weighted by Crippen LogP contribution is -2.45. The Morgan fingerprint density at radius 2 is 2.04 bits per heavy atom. The van der Waals surface area contributed by atoms with Crippen LogP contribution in [0.4, 0.5) is 0 Å². The second kappa shape index (κ2) is 7.27. The molecule has 1 atom stereocenters. The SMILES string of the molecule is O=C(NCc1cnc2c(c1)CCC2)C1CCN(C2CCS(=O)(=O)C2)CC1. The van der Waals surface area contributed by atoms with Crippen LogP contribution in [-0.4, -0.2) is 54.8 Å². The van der Waals surface area contributed by atoms with Gasteiger partial charge in [-0.25, -0.2) is 8.42 Å². The van der Waals surface area contributed by atoms with Gasteiger partial charge in [0, 0.05) is 30.4 Å². The lowest BCUT2D eigenvalue weighted by molar-refractivity contribution is -0.126. The number of carbonyl (C=O) groups excluding carboxylic acids is 1. The summed E-state index contributed by atoms with van der Waals surface area (Å²) in [7, 11) is -2.85. The number of amides is 1. The molecule has 1 N–H and O–H groups in total. The van der Waals surface area contributed by atoms with E-state index >= 15 is 0 Å². The lowest BCUT2D eigenvalue weighted by Gasteiger charge is -2.34. The Labute approximate surface area is 155 Å². The van der Waals surface area contributed by atoms with Crippen LogP contribution in [-0.2, 0) is 34.0 Å². The largest absolute Gasteiger partial charge is 0.352 e. The van der Waals surface area contributed by atoms with E-state index in [0.717, 1.165) is 50.8 Å². The second-order valence-electron chi connectivity index (χ2n) is 7.89. The van der Waals surface area contributed by atoms with Gasteiger partial charge in [-0.3, -0.25) is 14.7 Å². The van der Waals surface area contributed by atoms with Crippen LogP contribution in [0.1, 0.15) is 42.5 Å². The molecule has 1 unspecified atom stereocenters. The van der Waals surface area contributed by atoms with E-state index in [-0.39, 0.29) is 23.6 Å². The van der Waals surface area contributed by atoms with Gasteiger partial charge in [-0.15, -0.1) is 0 Å². The monoisotopic (exact) mass is 377 g/mol. The first kappa shape index (κ1) is 17.9. The van der Waals surface area contributed by atoms with Crippen LogP contribution in [0.2, 0.25) is 0 Å². The second-order valence-corrected chi connectivity index (χ2v) is 10.1. The minimum Gasteiger partial charge on any atom is -0.352 e.